The van der Waals surface area contributed by atoms with E-state index in [9.17, 15) is 0 Å². The van der Waals surface area contributed by atoms with E-state index in [1.807, 2.05) is 11.6 Å². The number of halogens is 2. The highest BCUT2D eigenvalue weighted by Gasteiger charge is 1.93. The van der Waals surface area contributed by atoms with Gasteiger partial charge in [-0.2, -0.15) is 0 Å². The molecular weight excluding hydrogens is 250 g/mol. The van der Waals surface area contributed by atoms with Crippen molar-refractivity contribution >= 4 is 32.9 Å². The SMILES string of the molecule is Br.Cn1cnnc1CBr. The second-order valence-corrected chi connectivity index (χ2v) is 2.05. The Kier molecular flexibility index (Phi) is 4.05. The highest BCUT2D eigenvalue weighted by molar-refractivity contribution is 9.08. The van der Waals surface area contributed by atoms with Gasteiger partial charge in [0.15, 0.2) is 0 Å². The first-order chi connectivity index (χ1) is 3.84. The average molecular weight is 257 g/mol. The maximum atomic E-state index is 3.80. The van der Waals surface area contributed by atoms with Gasteiger partial charge >= 0.3 is 0 Å². The van der Waals surface area contributed by atoms with Gasteiger partial charge in [-0.1, -0.05) is 15.9 Å². The predicted octanol–water partition coefficient (Wildman–Crippen LogP) is 1.29. The molecule has 0 amide bonds. The van der Waals surface area contributed by atoms with E-state index in [2.05, 4.69) is 26.1 Å². The zero-order valence-electron chi connectivity index (χ0n) is 4.91. The van der Waals surface area contributed by atoms with Crippen molar-refractivity contribution in [2.24, 2.45) is 7.05 Å². The summed E-state index contributed by atoms with van der Waals surface area (Å²) < 4.78 is 1.87. The quantitative estimate of drug-likeness (QED) is 0.709. The normalized spacial score (nSPS) is 8.67. The number of aryl methyl sites for hydroxylation is 1. The number of alkyl halides is 1. The van der Waals surface area contributed by atoms with Gasteiger partial charge in [0.25, 0.3) is 0 Å². The Hall–Kier alpha value is 0.1000. The van der Waals surface area contributed by atoms with E-state index in [0.717, 1.165) is 11.2 Å². The van der Waals surface area contributed by atoms with Gasteiger partial charge in [-0.15, -0.1) is 27.2 Å². The van der Waals surface area contributed by atoms with Crippen LogP contribution in [0.3, 0.4) is 0 Å². The summed E-state index contributed by atoms with van der Waals surface area (Å²) >= 11 is 3.26. The van der Waals surface area contributed by atoms with Crippen molar-refractivity contribution < 1.29 is 0 Å². The van der Waals surface area contributed by atoms with Crippen LogP contribution in [0.25, 0.3) is 0 Å². The molecule has 1 aromatic rings. The molecule has 3 nitrogen and oxygen atoms in total. The molecular formula is C4H7Br2N3. The summed E-state index contributed by atoms with van der Waals surface area (Å²) in [6.45, 7) is 0. The molecule has 0 fully saturated rings. The minimum atomic E-state index is 0. The number of hydrogen-bond donors (Lipinski definition) is 0. The number of hydrogen-bond acceptors (Lipinski definition) is 2. The monoisotopic (exact) mass is 255 g/mol. The summed E-state index contributed by atoms with van der Waals surface area (Å²) in [6.07, 6.45) is 1.68. The fourth-order valence-corrected chi connectivity index (χ4v) is 0.936. The third-order valence-corrected chi connectivity index (χ3v) is 1.43. The van der Waals surface area contributed by atoms with Gasteiger partial charge in [-0.25, -0.2) is 0 Å². The second-order valence-electron chi connectivity index (χ2n) is 1.49. The fraction of sp³-hybridized carbons (Fsp3) is 0.500. The topological polar surface area (TPSA) is 30.7 Å². The first-order valence-electron chi connectivity index (χ1n) is 2.23. The first-order valence-corrected chi connectivity index (χ1v) is 3.35. The van der Waals surface area contributed by atoms with E-state index < -0.39 is 0 Å². The van der Waals surface area contributed by atoms with Crippen LogP contribution in [0.2, 0.25) is 0 Å². The molecule has 0 saturated carbocycles. The van der Waals surface area contributed by atoms with E-state index in [1.165, 1.54) is 0 Å². The molecule has 1 heterocycles. The smallest absolute Gasteiger partial charge is 0.143 e. The van der Waals surface area contributed by atoms with E-state index in [0.29, 0.717) is 0 Å². The highest BCUT2D eigenvalue weighted by atomic mass is 79.9. The molecule has 0 aromatic carbocycles. The Morgan fingerprint density at radius 3 is 2.67 bits per heavy atom. The second kappa shape index (κ2) is 4.00. The Morgan fingerprint density at radius 1 is 1.78 bits per heavy atom. The van der Waals surface area contributed by atoms with E-state index in [-0.39, 0.29) is 17.0 Å². The number of aromatic nitrogens is 3. The van der Waals surface area contributed by atoms with E-state index in [1.54, 1.807) is 6.33 Å². The van der Waals surface area contributed by atoms with E-state index in [4.69, 9.17) is 0 Å². The molecule has 9 heavy (non-hydrogen) atoms. The van der Waals surface area contributed by atoms with Crippen molar-refractivity contribution in [3.05, 3.63) is 12.2 Å². The van der Waals surface area contributed by atoms with Crippen LogP contribution in [0.15, 0.2) is 6.33 Å². The lowest BCUT2D eigenvalue weighted by molar-refractivity contribution is 0.852. The maximum absolute atomic E-state index is 3.80. The van der Waals surface area contributed by atoms with Gasteiger partial charge in [-0.05, 0) is 0 Å². The first kappa shape index (κ1) is 9.10. The summed E-state index contributed by atoms with van der Waals surface area (Å²) in [5, 5.41) is 8.24. The van der Waals surface area contributed by atoms with Crippen molar-refractivity contribution in [3.8, 4) is 0 Å². The minimum absolute atomic E-state index is 0. The third kappa shape index (κ3) is 2.06. The average Bonchev–Trinajstić information content (AvgIpc) is 2.14. The van der Waals surface area contributed by atoms with Crippen molar-refractivity contribution in [1.82, 2.24) is 14.8 Å². The van der Waals surface area contributed by atoms with Crippen LogP contribution in [0.1, 0.15) is 5.82 Å². The van der Waals surface area contributed by atoms with Crippen molar-refractivity contribution in [1.29, 1.82) is 0 Å². The molecule has 1 rings (SSSR count). The van der Waals surface area contributed by atoms with Crippen LogP contribution < -0.4 is 0 Å². The fourth-order valence-electron chi connectivity index (χ4n) is 0.428. The third-order valence-electron chi connectivity index (χ3n) is 0.925. The molecule has 0 N–H and O–H groups in total. The van der Waals surface area contributed by atoms with E-state index >= 15 is 0 Å². The Morgan fingerprint density at radius 2 is 2.44 bits per heavy atom. The highest BCUT2D eigenvalue weighted by Crippen LogP contribution is 1.96. The van der Waals surface area contributed by atoms with Gasteiger partial charge < -0.3 is 4.57 Å². The zero-order valence-corrected chi connectivity index (χ0v) is 8.21. The molecule has 0 spiro atoms. The molecule has 0 aliphatic carbocycles. The van der Waals surface area contributed by atoms with Gasteiger partial charge in [0.1, 0.15) is 12.2 Å². The van der Waals surface area contributed by atoms with Gasteiger partial charge in [0.05, 0.1) is 5.33 Å². The molecule has 0 saturated heterocycles. The summed E-state index contributed by atoms with van der Waals surface area (Å²) in [4.78, 5) is 0. The van der Waals surface area contributed by atoms with Gasteiger partial charge in [-0.3, -0.25) is 0 Å². The molecule has 0 aliphatic rings. The van der Waals surface area contributed by atoms with Crippen LogP contribution in [-0.4, -0.2) is 14.8 Å². The Bertz CT molecular complexity index is 174. The van der Waals surface area contributed by atoms with Crippen molar-refractivity contribution in [2.45, 2.75) is 5.33 Å². The summed E-state index contributed by atoms with van der Waals surface area (Å²) in [5.41, 5.74) is 0. The number of rotatable bonds is 1. The lowest BCUT2D eigenvalue weighted by Crippen LogP contribution is -1.91. The van der Waals surface area contributed by atoms with Crippen LogP contribution >= 0.6 is 32.9 Å². The summed E-state index contributed by atoms with van der Waals surface area (Å²) in [5.74, 6) is 0.949. The van der Waals surface area contributed by atoms with Crippen LogP contribution in [0.4, 0.5) is 0 Å². The summed E-state index contributed by atoms with van der Waals surface area (Å²) in [7, 11) is 1.91. The Labute approximate surface area is 72.4 Å². The van der Waals surface area contributed by atoms with Crippen LogP contribution in [0, 0.1) is 0 Å². The zero-order chi connectivity index (χ0) is 5.98. The predicted molar refractivity (Wildman–Crippen MR) is 44.0 cm³/mol. The molecule has 0 radical (unpaired) electrons. The minimum Gasteiger partial charge on any atom is -0.320 e. The summed E-state index contributed by atoms with van der Waals surface area (Å²) in [6, 6.07) is 0. The molecule has 52 valence electrons. The molecule has 5 heteroatoms. The van der Waals surface area contributed by atoms with Crippen molar-refractivity contribution in [3.63, 3.8) is 0 Å². The van der Waals surface area contributed by atoms with Gasteiger partial charge in [0, 0.05) is 7.05 Å². The molecule has 0 atom stereocenters. The van der Waals surface area contributed by atoms with Crippen LogP contribution in [-0.2, 0) is 12.4 Å². The van der Waals surface area contributed by atoms with Gasteiger partial charge in [0.2, 0.25) is 0 Å². The lowest BCUT2D eigenvalue weighted by Gasteiger charge is -1.89. The maximum Gasteiger partial charge on any atom is 0.143 e. The van der Waals surface area contributed by atoms with Crippen molar-refractivity contribution in [2.75, 3.05) is 0 Å². The Balaban J connectivity index is 0.000000640. The largest absolute Gasteiger partial charge is 0.320 e. The van der Waals surface area contributed by atoms with Crippen LogP contribution in [0.5, 0.6) is 0 Å². The number of nitrogens with zero attached hydrogens (tertiary/aromatic N) is 3. The molecule has 0 aliphatic heterocycles. The standard InChI is InChI=1S/C4H6BrN3.BrH/c1-8-3-6-7-4(8)2-5;/h3H,2H2,1H3;1H. The lowest BCUT2D eigenvalue weighted by atomic mass is 10.7. The molecule has 1 aromatic heterocycles. The molecule has 0 unspecified atom stereocenters. The molecule has 0 bridgehead atoms.